The zero-order chi connectivity index (χ0) is 17.1. The molecular weight excluding hydrogens is 317 g/mol. The van der Waals surface area contributed by atoms with Crippen molar-refractivity contribution in [3.05, 3.63) is 65.0 Å². The molecule has 3 nitrogen and oxygen atoms in total. The molecule has 1 heterocycles. The molecule has 2 bridgehead atoms. The minimum atomic E-state index is -0.932. The first-order valence-corrected chi connectivity index (χ1v) is 9.02. The van der Waals surface area contributed by atoms with Gasteiger partial charge in [0.05, 0.1) is 17.3 Å². The van der Waals surface area contributed by atoms with Gasteiger partial charge >= 0.3 is 5.97 Å². The fourth-order valence-corrected chi connectivity index (χ4v) is 5.73. The van der Waals surface area contributed by atoms with Crippen molar-refractivity contribution in [2.45, 2.75) is 31.2 Å². The number of carbonyl (C=O) groups is 1. The molecule has 2 aliphatic carbocycles. The molecule has 0 unspecified atom stereocenters. The van der Waals surface area contributed by atoms with E-state index in [4.69, 9.17) is 0 Å². The molecule has 1 aliphatic heterocycles. The van der Waals surface area contributed by atoms with Gasteiger partial charge in [0.2, 0.25) is 0 Å². The quantitative estimate of drug-likeness (QED) is 0.826. The Morgan fingerprint density at radius 1 is 1.04 bits per heavy atom. The second kappa shape index (κ2) is 5.32. The Balaban J connectivity index is 1.70. The number of aromatic carboxylic acids is 1. The molecule has 0 amide bonds. The van der Waals surface area contributed by atoms with Crippen LogP contribution in [0.15, 0.2) is 42.5 Å². The van der Waals surface area contributed by atoms with Gasteiger partial charge in [0.15, 0.2) is 0 Å². The van der Waals surface area contributed by atoms with Crippen LogP contribution >= 0.6 is 0 Å². The molecule has 5 atom stereocenters. The number of rotatable bonds is 2. The van der Waals surface area contributed by atoms with Gasteiger partial charge in [-0.25, -0.2) is 9.18 Å². The molecule has 2 aromatic rings. The molecule has 2 aromatic carbocycles. The summed E-state index contributed by atoms with van der Waals surface area (Å²) in [4.78, 5) is 11.7. The standard InChI is InChI=1S/C21H20FNO2/c22-16-7-2-1-4-13(16)20-18-12-9-8-11(10-12)17(18)14-5-3-6-15(21(24)25)19(14)23-20/h1-7,11-12,17-18,20,23H,8-10H2,(H,24,25)/t11-,12-,17+,18+,20+/m0/s1. The maximum atomic E-state index is 14.6. The topological polar surface area (TPSA) is 49.3 Å². The van der Waals surface area contributed by atoms with Crippen LogP contribution in [0.1, 0.15) is 52.7 Å². The van der Waals surface area contributed by atoms with Crippen LogP contribution in [0.4, 0.5) is 10.1 Å². The number of nitrogens with one attached hydrogen (secondary N) is 1. The number of para-hydroxylation sites is 1. The summed E-state index contributed by atoms with van der Waals surface area (Å²) >= 11 is 0. The molecule has 2 fully saturated rings. The van der Waals surface area contributed by atoms with Crippen LogP contribution in [-0.4, -0.2) is 11.1 Å². The highest BCUT2D eigenvalue weighted by atomic mass is 19.1. The molecule has 0 radical (unpaired) electrons. The van der Waals surface area contributed by atoms with E-state index >= 15 is 0 Å². The average molecular weight is 337 g/mol. The van der Waals surface area contributed by atoms with Crippen molar-refractivity contribution in [3.63, 3.8) is 0 Å². The number of anilines is 1. The van der Waals surface area contributed by atoms with E-state index < -0.39 is 5.97 Å². The summed E-state index contributed by atoms with van der Waals surface area (Å²) in [5, 5.41) is 13.1. The van der Waals surface area contributed by atoms with Crippen molar-refractivity contribution >= 4 is 11.7 Å². The van der Waals surface area contributed by atoms with Gasteiger partial charge in [-0.05, 0) is 60.6 Å². The predicted octanol–water partition coefficient (Wildman–Crippen LogP) is 4.82. The van der Waals surface area contributed by atoms with Crippen LogP contribution in [-0.2, 0) is 0 Å². The van der Waals surface area contributed by atoms with E-state index in [1.54, 1.807) is 12.1 Å². The van der Waals surface area contributed by atoms with E-state index in [0.29, 0.717) is 40.5 Å². The molecule has 4 heteroatoms. The number of carboxylic acids is 1. The smallest absolute Gasteiger partial charge is 0.337 e. The number of benzene rings is 2. The normalized spacial score (nSPS) is 32.0. The van der Waals surface area contributed by atoms with Crippen molar-refractivity contribution < 1.29 is 14.3 Å². The third kappa shape index (κ3) is 2.06. The highest BCUT2D eigenvalue weighted by Crippen LogP contribution is 2.64. The lowest BCUT2D eigenvalue weighted by Crippen LogP contribution is -2.36. The molecule has 25 heavy (non-hydrogen) atoms. The third-order valence-corrected chi connectivity index (χ3v) is 6.59. The van der Waals surface area contributed by atoms with E-state index in [1.807, 2.05) is 18.2 Å². The van der Waals surface area contributed by atoms with Crippen LogP contribution in [0.2, 0.25) is 0 Å². The Labute approximate surface area is 145 Å². The van der Waals surface area contributed by atoms with Gasteiger partial charge in [-0.1, -0.05) is 30.3 Å². The Morgan fingerprint density at radius 3 is 2.60 bits per heavy atom. The minimum Gasteiger partial charge on any atom is -0.478 e. The van der Waals surface area contributed by atoms with Gasteiger partial charge in [0.1, 0.15) is 5.82 Å². The van der Waals surface area contributed by atoms with Crippen molar-refractivity contribution in [1.29, 1.82) is 0 Å². The summed E-state index contributed by atoms with van der Waals surface area (Å²) in [6, 6.07) is 12.3. The Bertz CT molecular complexity index is 865. The molecule has 2 N–H and O–H groups in total. The van der Waals surface area contributed by atoms with E-state index in [1.165, 1.54) is 25.3 Å². The van der Waals surface area contributed by atoms with E-state index in [9.17, 15) is 14.3 Å². The first-order valence-electron chi connectivity index (χ1n) is 9.02. The number of carboxylic acid groups (broad SMARTS) is 1. The Kier molecular flexibility index (Phi) is 3.18. The Hall–Kier alpha value is -2.36. The second-order valence-corrected chi connectivity index (χ2v) is 7.65. The molecule has 128 valence electrons. The van der Waals surface area contributed by atoms with Gasteiger partial charge in [0.25, 0.3) is 0 Å². The third-order valence-electron chi connectivity index (χ3n) is 6.59. The fourth-order valence-electron chi connectivity index (χ4n) is 5.73. The molecule has 0 aromatic heterocycles. The minimum absolute atomic E-state index is 0.158. The predicted molar refractivity (Wildman–Crippen MR) is 93.2 cm³/mol. The molecule has 2 saturated carbocycles. The summed E-state index contributed by atoms with van der Waals surface area (Å²) in [5.41, 5.74) is 2.76. The maximum absolute atomic E-state index is 14.6. The van der Waals surface area contributed by atoms with Gasteiger partial charge in [0, 0.05) is 5.56 Å². The molecule has 5 rings (SSSR count). The van der Waals surface area contributed by atoms with Crippen molar-refractivity contribution in [1.82, 2.24) is 0 Å². The largest absolute Gasteiger partial charge is 0.478 e. The summed E-state index contributed by atoms with van der Waals surface area (Å²) in [5.74, 6) is 0.713. The lowest BCUT2D eigenvalue weighted by atomic mass is 9.67. The number of halogens is 1. The monoisotopic (exact) mass is 337 g/mol. The van der Waals surface area contributed by atoms with Gasteiger partial charge in [-0.15, -0.1) is 0 Å². The van der Waals surface area contributed by atoms with Gasteiger partial charge in [-0.3, -0.25) is 0 Å². The van der Waals surface area contributed by atoms with E-state index in [0.717, 1.165) is 5.56 Å². The van der Waals surface area contributed by atoms with Crippen molar-refractivity contribution in [2.24, 2.45) is 17.8 Å². The fraction of sp³-hybridized carbons (Fsp3) is 0.381. The zero-order valence-electron chi connectivity index (χ0n) is 13.8. The lowest BCUT2D eigenvalue weighted by molar-refractivity contribution is 0.0697. The lowest BCUT2D eigenvalue weighted by Gasteiger charge is -2.44. The van der Waals surface area contributed by atoms with E-state index in [2.05, 4.69) is 11.4 Å². The SMILES string of the molecule is O=C(O)c1cccc2c1N[C@H](c1ccccc1F)[C@@H]1[C@H]3CC[C@@H](C3)[C@H]21. The highest BCUT2D eigenvalue weighted by Gasteiger charge is 2.54. The van der Waals surface area contributed by atoms with Crippen molar-refractivity contribution in [2.75, 3.05) is 5.32 Å². The van der Waals surface area contributed by atoms with Crippen LogP contribution in [0.5, 0.6) is 0 Å². The average Bonchev–Trinajstić information content (AvgIpc) is 3.23. The summed E-state index contributed by atoms with van der Waals surface area (Å²) in [6.07, 6.45) is 3.58. The summed E-state index contributed by atoms with van der Waals surface area (Å²) in [7, 11) is 0. The molecule has 0 saturated heterocycles. The number of hydrogen-bond donors (Lipinski definition) is 2. The number of hydrogen-bond acceptors (Lipinski definition) is 2. The molecular formula is C21H20FNO2. The van der Waals surface area contributed by atoms with Gasteiger partial charge < -0.3 is 10.4 Å². The van der Waals surface area contributed by atoms with Crippen LogP contribution in [0, 0.1) is 23.6 Å². The van der Waals surface area contributed by atoms with Gasteiger partial charge in [-0.2, -0.15) is 0 Å². The van der Waals surface area contributed by atoms with Crippen molar-refractivity contribution in [3.8, 4) is 0 Å². The first kappa shape index (κ1) is 14.9. The maximum Gasteiger partial charge on any atom is 0.337 e. The van der Waals surface area contributed by atoms with Crippen LogP contribution in [0.25, 0.3) is 0 Å². The molecule has 3 aliphatic rings. The number of fused-ring (bicyclic) bond motifs is 7. The summed E-state index contributed by atoms with van der Waals surface area (Å²) in [6.45, 7) is 0. The highest BCUT2D eigenvalue weighted by molar-refractivity contribution is 5.95. The Morgan fingerprint density at radius 2 is 1.80 bits per heavy atom. The first-order chi connectivity index (χ1) is 12.1. The molecule has 0 spiro atoms. The summed E-state index contributed by atoms with van der Waals surface area (Å²) < 4.78 is 14.6. The van der Waals surface area contributed by atoms with E-state index in [-0.39, 0.29) is 11.9 Å². The van der Waals surface area contributed by atoms with Crippen LogP contribution < -0.4 is 5.32 Å². The zero-order valence-corrected chi connectivity index (χ0v) is 13.8. The second-order valence-electron chi connectivity index (χ2n) is 7.65. The van der Waals surface area contributed by atoms with Crippen LogP contribution in [0.3, 0.4) is 0 Å².